The van der Waals surface area contributed by atoms with Gasteiger partial charge in [-0.3, -0.25) is 4.79 Å². The second-order valence-corrected chi connectivity index (χ2v) is 5.55. The number of para-hydroxylation sites is 1. The molecule has 0 aliphatic rings. The molecule has 0 saturated heterocycles. The molecule has 0 aromatic heterocycles. The maximum absolute atomic E-state index is 12.2. The Labute approximate surface area is 142 Å². The Morgan fingerprint density at radius 3 is 2.17 bits per heavy atom. The molecule has 3 rings (SSSR count). The maximum atomic E-state index is 12.2. The zero-order valence-corrected chi connectivity index (χ0v) is 13.4. The lowest BCUT2D eigenvalue weighted by molar-refractivity contribution is -0.111. The number of anilines is 1. The Bertz CT molecular complexity index is 823. The Morgan fingerprint density at radius 2 is 1.42 bits per heavy atom. The Hall–Kier alpha value is -3.13. The van der Waals surface area contributed by atoms with E-state index < -0.39 is 0 Å². The minimum atomic E-state index is -0.126. The number of hydrogen-bond acceptors (Lipinski definition) is 1. The molecule has 3 aromatic rings. The standard InChI is InChI=1S/C22H19NO/c24-22(16-15-18-9-3-1-4-10-18)23-21-14-8-7-13-20(21)17-19-11-5-2-6-12-19/h1-16H,17H2,(H,23,24)/b16-15+. The van der Waals surface area contributed by atoms with Crippen LogP contribution in [0.5, 0.6) is 0 Å². The van der Waals surface area contributed by atoms with Gasteiger partial charge in [-0.25, -0.2) is 0 Å². The van der Waals surface area contributed by atoms with Crippen molar-refractivity contribution < 1.29 is 4.79 Å². The number of amides is 1. The molecule has 0 radical (unpaired) electrons. The van der Waals surface area contributed by atoms with Crippen molar-refractivity contribution in [2.45, 2.75) is 6.42 Å². The van der Waals surface area contributed by atoms with Crippen LogP contribution in [0.2, 0.25) is 0 Å². The van der Waals surface area contributed by atoms with Gasteiger partial charge in [-0.2, -0.15) is 0 Å². The number of nitrogens with one attached hydrogen (secondary N) is 1. The molecule has 118 valence electrons. The molecule has 0 bridgehead atoms. The van der Waals surface area contributed by atoms with E-state index in [4.69, 9.17) is 0 Å². The van der Waals surface area contributed by atoms with Crippen molar-refractivity contribution >= 4 is 17.7 Å². The highest BCUT2D eigenvalue weighted by Gasteiger charge is 2.05. The summed E-state index contributed by atoms with van der Waals surface area (Å²) < 4.78 is 0. The number of rotatable bonds is 5. The van der Waals surface area contributed by atoms with Crippen molar-refractivity contribution in [2.75, 3.05) is 5.32 Å². The van der Waals surface area contributed by atoms with Gasteiger partial charge in [0, 0.05) is 11.8 Å². The van der Waals surface area contributed by atoms with Gasteiger partial charge in [0.1, 0.15) is 0 Å². The summed E-state index contributed by atoms with van der Waals surface area (Å²) in [7, 11) is 0. The van der Waals surface area contributed by atoms with Gasteiger partial charge in [-0.15, -0.1) is 0 Å². The molecule has 24 heavy (non-hydrogen) atoms. The highest BCUT2D eigenvalue weighted by atomic mass is 16.1. The average molecular weight is 313 g/mol. The molecular weight excluding hydrogens is 294 g/mol. The summed E-state index contributed by atoms with van der Waals surface area (Å²) in [5.74, 6) is -0.126. The largest absolute Gasteiger partial charge is 0.322 e. The quantitative estimate of drug-likeness (QED) is 0.665. The minimum absolute atomic E-state index is 0.126. The van der Waals surface area contributed by atoms with Gasteiger partial charge in [0.2, 0.25) is 5.91 Å². The fraction of sp³-hybridized carbons (Fsp3) is 0.0455. The highest BCUT2D eigenvalue weighted by Crippen LogP contribution is 2.19. The lowest BCUT2D eigenvalue weighted by Gasteiger charge is -2.10. The summed E-state index contributed by atoms with van der Waals surface area (Å²) >= 11 is 0. The molecule has 3 aromatic carbocycles. The number of benzene rings is 3. The predicted octanol–water partition coefficient (Wildman–Crippen LogP) is 4.93. The van der Waals surface area contributed by atoms with E-state index in [2.05, 4.69) is 17.4 Å². The minimum Gasteiger partial charge on any atom is -0.322 e. The van der Waals surface area contributed by atoms with Crippen LogP contribution in [0.25, 0.3) is 6.08 Å². The van der Waals surface area contributed by atoms with E-state index in [1.54, 1.807) is 6.08 Å². The number of carbonyl (C=O) groups is 1. The van der Waals surface area contributed by atoms with E-state index >= 15 is 0 Å². The number of hydrogen-bond donors (Lipinski definition) is 1. The van der Waals surface area contributed by atoms with Gasteiger partial charge in [-0.1, -0.05) is 78.9 Å². The van der Waals surface area contributed by atoms with Crippen LogP contribution in [0.3, 0.4) is 0 Å². The zero-order chi connectivity index (χ0) is 16.6. The molecule has 0 aliphatic heterocycles. The maximum Gasteiger partial charge on any atom is 0.248 e. The second kappa shape index (κ2) is 7.93. The van der Waals surface area contributed by atoms with E-state index in [9.17, 15) is 4.79 Å². The van der Waals surface area contributed by atoms with Crippen LogP contribution in [-0.4, -0.2) is 5.91 Å². The Balaban J connectivity index is 1.71. The van der Waals surface area contributed by atoms with Crippen LogP contribution < -0.4 is 5.32 Å². The van der Waals surface area contributed by atoms with Gasteiger partial charge < -0.3 is 5.32 Å². The van der Waals surface area contributed by atoms with Gasteiger partial charge in [0.15, 0.2) is 0 Å². The topological polar surface area (TPSA) is 29.1 Å². The van der Waals surface area contributed by atoms with E-state index in [1.807, 2.05) is 78.9 Å². The zero-order valence-electron chi connectivity index (χ0n) is 13.4. The average Bonchev–Trinajstić information content (AvgIpc) is 2.63. The first-order valence-corrected chi connectivity index (χ1v) is 7.97. The summed E-state index contributed by atoms with van der Waals surface area (Å²) in [6.45, 7) is 0. The van der Waals surface area contributed by atoms with Crippen LogP contribution in [0.4, 0.5) is 5.69 Å². The van der Waals surface area contributed by atoms with Crippen LogP contribution in [0.15, 0.2) is 91.0 Å². The van der Waals surface area contributed by atoms with Gasteiger partial charge in [0.05, 0.1) is 0 Å². The molecule has 2 heteroatoms. The van der Waals surface area contributed by atoms with Crippen molar-refractivity contribution in [3.8, 4) is 0 Å². The fourth-order valence-corrected chi connectivity index (χ4v) is 2.52. The highest BCUT2D eigenvalue weighted by molar-refractivity contribution is 6.02. The van der Waals surface area contributed by atoms with E-state index in [1.165, 1.54) is 5.56 Å². The molecular formula is C22H19NO. The smallest absolute Gasteiger partial charge is 0.248 e. The molecule has 1 amide bonds. The molecule has 0 heterocycles. The van der Waals surface area contributed by atoms with Crippen molar-refractivity contribution in [1.82, 2.24) is 0 Å². The van der Waals surface area contributed by atoms with Crippen molar-refractivity contribution in [3.63, 3.8) is 0 Å². The Kier molecular flexibility index (Phi) is 5.21. The third kappa shape index (κ3) is 4.43. The first kappa shape index (κ1) is 15.8. The van der Waals surface area contributed by atoms with Crippen molar-refractivity contribution in [2.24, 2.45) is 0 Å². The van der Waals surface area contributed by atoms with E-state index in [0.29, 0.717) is 0 Å². The molecule has 0 unspecified atom stereocenters. The molecule has 2 nitrogen and oxygen atoms in total. The van der Waals surface area contributed by atoms with Crippen LogP contribution in [0.1, 0.15) is 16.7 Å². The lowest BCUT2D eigenvalue weighted by Crippen LogP contribution is -2.09. The fourth-order valence-electron chi connectivity index (χ4n) is 2.52. The summed E-state index contributed by atoms with van der Waals surface area (Å²) in [6, 6.07) is 27.9. The summed E-state index contributed by atoms with van der Waals surface area (Å²) in [5, 5.41) is 2.98. The predicted molar refractivity (Wildman–Crippen MR) is 99.8 cm³/mol. The SMILES string of the molecule is O=C(/C=C/c1ccccc1)Nc1ccccc1Cc1ccccc1. The van der Waals surface area contributed by atoms with E-state index in [-0.39, 0.29) is 5.91 Å². The van der Waals surface area contributed by atoms with Gasteiger partial charge in [0.25, 0.3) is 0 Å². The van der Waals surface area contributed by atoms with Crippen molar-refractivity contribution in [3.05, 3.63) is 108 Å². The molecule has 0 fully saturated rings. The van der Waals surface area contributed by atoms with Crippen LogP contribution in [0, 0.1) is 0 Å². The third-order valence-electron chi connectivity index (χ3n) is 3.74. The molecule has 0 spiro atoms. The normalized spacial score (nSPS) is 10.7. The van der Waals surface area contributed by atoms with E-state index in [0.717, 1.165) is 23.2 Å². The van der Waals surface area contributed by atoms with Crippen LogP contribution >= 0.6 is 0 Å². The second-order valence-electron chi connectivity index (χ2n) is 5.55. The van der Waals surface area contributed by atoms with Gasteiger partial charge >= 0.3 is 0 Å². The monoisotopic (exact) mass is 313 g/mol. The molecule has 1 N–H and O–H groups in total. The van der Waals surface area contributed by atoms with Crippen LogP contribution in [-0.2, 0) is 11.2 Å². The Morgan fingerprint density at radius 1 is 0.792 bits per heavy atom. The molecule has 0 atom stereocenters. The van der Waals surface area contributed by atoms with Crippen molar-refractivity contribution in [1.29, 1.82) is 0 Å². The lowest BCUT2D eigenvalue weighted by atomic mass is 10.0. The third-order valence-corrected chi connectivity index (χ3v) is 3.74. The summed E-state index contributed by atoms with van der Waals surface area (Å²) in [4.78, 5) is 12.2. The first-order valence-electron chi connectivity index (χ1n) is 7.97. The van der Waals surface area contributed by atoms with Gasteiger partial charge in [-0.05, 0) is 35.3 Å². The first-order chi connectivity index (χ1) is 11.8. The summed E-state index contributed by atoms with van der Waals surface area (Å²) in [5.41, 5.74) is 4.18. The number of carbonyl (C=O) groups excluding carboxylic acids is 1. The molecule has 0 aliphatic carbocycles. The summed E-state index contributed by atoms with van der Waals surface area (Å²) in [6.07, 6.45) is 4.17. The molecule has 0 saturated carbocycles.